The molecule has 0 saturated heterocycles. The summed E-state index contributed by atoms with van der Waals surface area (Å²) in [6.45, 7) is 4.53. The fourth-order valence-electron chi connectivity index (χ4n) is 5.87. The maximum Gasteiger partial charge on any atom is 0.159 e. The number of carbonyl (C=O) groups is 2. The van der Waals surface area contributed by atoms with E-state index in [4.69, 9.17) is 0 Å². The molecule has 0 bridgehead atoms. The molecule has 5 atom stereocenters. The zero-order valence-electron chi connectivity index (χ0n) is 13.0. The summed E-state index contributed by atoms with van der Waals surface area (Å²) in [7, 11) is 0. The summed E-state index contributed by atoms with van der Waals surface area (Å²) in [4.78, 5) is 24.1. The molecule has 2 heteroatoms. The molecule has 2 fully saturated rings. The van der Waals surface area contributed by atoms with Gasteiger partial charge in [0.15, 0.2) is 5.78 Å². The molecule has 0 unspecified atom stereocenters. The first kappa shape index (κ1) is 13.5. The van der Waals surface area contributed by atoms with E-state index in [9.17, 15) is 9.59 Å². The van der Waals surface area contributed by atoms with Gasteiger partial charge in [-0.1, -0.05) is 31.6 Å². The van der Waals surface area contributed by atoms with Crippen molar-refractivity contribution in [3.63, 3.8) is 0 Å². The van der Waals surface area contributed by atoms with E-state index in [1.54, 1.807) is 6.08 Å². The van der Waals surface area contributed by atoms with Crippen molar-refractivity contribution >= 4 is 11.6 Å². The Hall–Kier alpha value is -1.18. The molecule has 112 valence electrons. The number of fused-ring (bicyclic) bond motifs is 5. The van der Waals surface area contributed by atoms with E-state index >= 15 is 0 Å². The number of allylic oxidation sites excluding steroid dienone is 4. The summed E-state index contributed by atoms with van der Waals surface area (Å²) in [5.74, 6) is 2.55. The normalized spacial score (nSPS) is 48.5. The van der Waals surface area contributed by atoms with Gasteiger partial charge in [-0.25, -0.2) is 0 Å². The molecule has 0 N–H and O–H groups in total. The van der Waals surface area contributed by atoms with Gasteiger partial charge in [-0.15, -0.1) is 0 Å². The van der Waals surface area contributed by atoms with Crippen LogP contribution in [0.2, 0.25) is 0 Å². The number of Topliss-reactive ketones (excluding diaryl/α,β-unsaturated/α-hetero) is 1. The van der Waals surface area contributed by atoms with Gasteiger partial charge in [0.05, 0.1) is 0 Å². The molecule has 21 heavy (non-hydrogen) atoms. The van der Waals surface area contributed by atoms with Crippen LogP contribution < -0.4 is 0 Å². The Morgan fingerprint density at radius 1 is 1.14 bits per heavy atom. The van der Waals surface area contributed by atoms with Crippen LogP contribution in [-0.2, 0) is 9.59 Å². The van der Waals surface area contributed by atoms with Crippen molar-refractivity contribution < 1.29 is 9.59 Å². The molecule has 0 aliphatic heterocycles. The minimum absolute atomic E-state index is 0.0585. The number of rotatable bonds is 0. The Balaban J connectivity index is 1.74. The van der Waals surface area contributed by atoms with Crippen LogP contribution in [0.5, 0.6) is 0 Å². The van der Waals surface area contributed by atoms with E-state index in [0.717, 1.165) is 32.1 Å². The smallest absolute Gasteiger partial charge is 0.159 e. The molecule has 4 aliphatic rings. The van der Waals surface area contributed by atoms with Crippen LogP contribution in [-0.4, -0.2) is 11.6 Å². The van der Waals surface area contributed by atoms with E-state index < -0.39 is 0 Å². The molecule has 2 nitrogen and oxygen atoms in total. The van der Waals surface area contributed by atoms with Crippen molar-refractivity contribution in [1.82, 2.24) is 0 Å². The van der Waals surface area contributed by atoms with Gasteiger partial charge < -0.3 is 0 Å². The lowest BCUT2D eigenvalue weighted by molar-refractivity contribution is -0.131. The average Bonchev–Trinajstić information content (AvgIpc) is 2.76. The number of carbonyl (C=O) groups excluding carboxylic acids is 2. The van der Waals surface area contributed by atoms with Gasteiger partial charge in [-0.3, -0.25) is 9.59 Å². The zero-order chi connectivity index (χ0) is 14.8. The van der Waals surface area contributed by atoms with Gasteiger partial charge in [-0.2, -0.15) is 0 Å². The first-order valence-corrected chi connectivity index (χ1v) is 8.40. The van der Waals surface area contributed by atoms with Gasteiger partial charge in [0.25, 0.3) is 0 Å². The van der Waals surface area contributed by atoms with Crippen molar-refractivity contribution in [1.29, 1.82) is 0 Å². The Bertz CT molecular complexity index is 584. The summed E-state index contributed by atoms with van der Waals surface area (Å²) in [6.07, 6.45) is 12.0. The third kappa shape index (κ3) is 1.65. The molecule has 4 rings (SSSR count). The van der Waals surface area contributed by atoms with Gasteiger partial charge in [-0.05, 0) is 49.5 Å². The van der Waals surface area contributed by atoms with Crippen LogP contribution in [0.4, 0.5) is 0 Å². The van der Waals surface area contributed by atoms with Gasteiger partial charge in [0, 0.05) is 23.7 Å². The van der Waals surface area contributed by atoms with Gasteiger partial charge >= 0.3 is 0 Å². The monoisotopic (exact) mass is 284 g/mol. The van der Waals surface area contributed by atoms with E-state index in [1.807, 2.05) is 0 Å². The quantitative estimate of drug-likeness (QED) is 0.633. The molecular weight excluding hydrogens is 260 g/mol. The maximum atomic E-state index is 12.3. The lowest BCUT2D eigenvalue weighted by Crippen LogP contribution is -2.49. The van der Waals surface area contributed by atoms with Crippen LogP contribution in [0.1, 0.15) is 52.4 Å². The van der Waals surface area contributed by atoms with Crippen LogP contribution in [0.25, 0.3) is 0 Å². The number of hydrogen-bond acceptors (Lipinski definition) is 2. The van der Waals surface area contributed by atoms with E-state index in [1.165, 1.54) is 5.57 Å². The lowest BCUT2D eigenvalue weighted by Gasteiger charge is -2.54. The van der Waals surface area contributed by atoms with Crippen molar-refractivity contribution in [2.75, 3.05) is 0 Å². The van der Waals surface area contributed by atoms with E-state index in [2.05, 4.69) is 26.0 Å². The highest BCUT2D eigenvalue weighted by molar-refractivity contribution is 5.93. The van der Waals surface area contributed by atoms with Crippen molar-refractivity contribution in [3.05, 3.63) is 23.8 Å². The average molecular weight is 284 g/mol. The third-order valence-electron chi connectivity index (χ3n) is 7.22. The SMILES string of the molecule is C[C@]12C=CC(=O)CC1=CC[C@@H]1[C@@H]2CC[C@]2(C)C(=O)CC[C@@H]12. The molecule has 0 amide bonds. The Morgan fingerprint density at radius 3 is 2.76 bits per heavy atom. The summed E-state index contributed by atoms with van der Waals surface area (Å²) >= 11 is 0. The predicted octanol–water partition coefficient (Wildman–Crippen LogP) is 3.86. The van der Waals surface area contributed by atoms with Crippen molar-refractivity contribution in [2.45, 2.75) is 52.4 Å². The summed E-state index contributed by atoms with van der Waals surface area (Å²) in [5, 5.41) is 0. The van der Waals surface area contributed by atoms with E-state index in [-0.39, 0.29) is 16.6 Å². The summed E-state index contributed by atoms with van der Waals surface area (Å²) in [6, 6.07) is 0. The first-order chi connectivity index (χ1) is 9.95. The fraction of sp³-hybridized carbons (Fsp3) is 0.684. The molecule has 0 aromatic rings. The molecule has 2 saturated carbocycles. The second-order valence-corrected chi connectivity index (χ2v) is 8.02. The molecular formula is C19H24O2. The van der Waals surface area contributed by atoms with Crippen LogP contribution >= 0.6 is 0 Å². The van der Waals surface area contributed by atoms with Crippen molar-refractivity contribution in [3.8, 4) is 0 Å². The van der Waals surface area contributed by atoms with Crippen molar-refractivity contribution in [2.24, 2.45) is 28.6 Å². The highest BCUT2D eigenvalue weighted by Gasteiger charge is 2.57. The van der Waals surface area contributed by atoms with Gasteiger partial charge in [0.1, 0.15) is 5.78 Å². The molecule has 0 spiro atoms. The third-order valence-corrected chi connectivity index (χ3v) is 7.22. The second kappa shape index (κ2) is 4.18. The fourth-order valence-corrected chi connectivity index (χ4v) is 5.87. The minimum Gasteiger partial charge on any atom is -0.299 e. The molecule has 0 radical (unpaired) electrons. The predicted molar refractivity (Wildman–Crippen MR) is 81.6 cm³/mol. The zero-order valence-corrected chi connectivity index (χ0v) is 13.0. The Morgan fingerprint density at radius 2 is 1.95 bits per heavy atom. The first-order valence-electron chi connectivity index (χ1n) is 8.40. The molecule has 4 aliphatic carbocycles. The maximum absolute atomic E-state index is 12.3. The summed E-state index contributed by atoms with van der Waals surface area (Å²) in [5.41, 5.74) is 1.34. The number of ketones is 2. The molecule has 0 aromatic carbocycles. The van der Waals surface area contributed by atoms with Crippen LogP contribution in [0, 0.1) is 28.6 Å². The highest BCUT2D eigenvalue weighted by atomic mass is 16.1. The topological polar surface area (TPSA) is 34.1 Å². The Labute approximate surface area is 126 Å². The number of hydrogen-bond donors (Lipinski definition) is 0. The Kier molecular flexibility index (Phi) is 2.68. The largest absolute Gasteiger partial charge is 0.299 e. The minimum atomic E-state index is -0.0585. The summed E-state index contributed by atoms with van der Waals surface area (Å²) < 4.78 is 0. The van der Waals surface area contributed by atoms with Crippen LogP contribution in [0.3, 0.4) is 0 Å². The standard InChI is InChI=1S/C19H24O2/c1-18-9-7-13(20)11-12(18)3-4-14-15-5-6-17(21)19(15,2)10-8-16(14)18/h3,7,9,14-16H,4-6,8,10-11H2,1-2H3/t14-,15-,16-,18-,19-/m0/s1. The second-order valence-electron chi connectivity index (χ2n) is 8.02. The molecule has 0 aromatic heterocycles. The molecule has 0 heterocycles. The van der Waals surface area contributed by atoms with Crippen LogP contribution in [0.15, 0.2) is 23.8 Å². The van der Waals surface area contributed by atoms with E-state index in [0.29, 0.717) is 30.0 Å². The highest BCUT2D eigenvalue weighted by Crippen LogP contribution is 2.62. The lowest BCUT2D eigenvalue weighted by atomic mass is 9.49. The van der Waals surface area contributed by atoms with Gasteiger partial charge in [0.2, 0.25) is 0 Å².